The highest BCUT2D eigenvalue weighted by atomic mass is 16.5. The molecule has 2 aliphatic rings. The van der Waals surface area contributed by atoms with Crippen molar-refractivity contribution in [3.8, 4) is 0 Å². The van der Waals surface area contributed by atoms with Gasteiger partial charge in [0.2, 0.25) is 0 Å². The van der Waals surface area contributed by atoms with E-state index in [0.29, 0.717) is 6.10 Å². The second-order valence-corrected chi connectivity index (χ2v) is 6.25. The number of ether oxygens (including phenoxy) is 1. The Morgan fingerprint density at radius 2 is 2.06 bits per heavy atom. The summed E-state index contributed by atoms with van der Waals surface area (Å²) in [7, 11) is 0. The minimum Gasteiger partial charge on any atom is -0.378 e. The maximum absolute atomic E-state index is 5.66. The second kappa shape index (κ2) is 6.75. The molecule has 3 unspecified atom stereocenters. The van der Waals surface area contributed by atoms with E-state index < -0.39 is 0 Å². The predicted octanol–water partition coefficient (Wildman–Crippen LogP) is 3.36. The van der Waals surface area contributed by atoms with E-state index in [4.69, 9.17) is 4.74 Å². The second-order valence-electron chi connectivity index (χ2n) is 6.25. The van der Waals surface area contributed by atoms with Crippen LogP contribution in [-0.2, 0) is 4.74 Å². The summed E-state index contributed by atoms with van der Waals surface area (Å²) in [6.07, 6.45) is 9.94. The molecular weight excluding hydrogens is 210 g/mol. The minimum absolute atomic E-state index is 0.548. The van der Waals surface area contributed by atoms with Crippen LogP contribution in [0.3, 0.4) is 0 Å². The van der Waals surface area contributed by atoms with Crippen molar-refractivity contribution >= 4 is 0 Å². The smallest absolute Gasteiger partial charge is 0.0588 e. The molecule has 0 aromatic rings. The van der Waals surface area contributed by atoms with Crippen molar-refractivity contribution < 1.29 is 4.74 Å². The van der Waals surface area contributed by atoms with Gasteiger partial charge in [-0.15, -0.1) is 0 Å². The first kappa shape index (κ1) is 13.4. The molecule has 0 radical (unpaired) electrons. The summed E-state index contributed by atoms with van der Waals surface area (Å²) in [5.74, 6) is 1.81. The van der Waals surface area contributed by atoms with E-state index in [1.807, 2.05) is 0 Å². The monoisotopic (exact) mass is 239 g/mol. The van der Waals surface area contributed by atoms with Crippen LogP contribution < -0.4 is 5.32 Å². The molecule has 3 atom stereocenters. The maximum atomic E-state index is 5.66. The van der Waals surface area contributed by atoms with Crippen LogP contribution in [0.25, 0.3) is 0 Å². The molecule has 1 N–H and O–H groups in total. The van der Waals surface area contributed by atoms with Crippen LogP contribution in [0.5, 0.6) is 0 Å². The molecule has 0 amide bonds. The maximum Gasteiger partial charge on any atom is 0.0588 e. The Bertz CT molecular complexity index is 211. The fraction of sp³-hybridized carbons (Fsp3) is 1.00. The van der Waals surface area contributed by atoms with Gasteiger partial charge in [-0.05, 0) is 50.5 Å². The molecule has 0 spiro atoms. The molecule has 0 aromatic carbocycles. The topological polar surface area (TPSA) is 21.3 Å². The lowest BCUT2D eigenvalue weighted by Crippen LogP contribution is -2.36. The molecule has 2 fully saturated rings. The third-order valence-corrected chi connectivity index (χ3v) is 4.58. The van der Waals surface area contributed by atoms with Crippen molar-refractivity contribution in [3.05, 3.63) is 0 Å². The number of hydrogen-bond donors (Lipinski definition) is 1. The standard InChI is InChI=1S/C15H29NO/c1-12(2)13-5-3-6-14(11-13)16-9-8-15-7-4-10-17-15/h12-16H,3-11H2,1-2H3. The van der Waals surface area contributed by atoms with E-state index in [0.717, 1.165) is 31.0 Å². The fourth-order valence-corrected chi connectivity index (χ4v) is 3.34. The van der Waals surface area contributed by atoms with Crippen molar-refractivity contribution in [1.29, 1.82) is 0 Å². The summed E-state index contributed by atoms with van der Waals surface area (Å²) < 4.78 is 5.66. The largest absolute Gasteiger partial charge is 0.378 e. The zero-order valence-corrected chi connectivity index (χ0v) is 11.6. The summed E-state index contributed by atoms with van der Waals surface area (Å²) in [5.41, 5.74) is 0. The van der Waals surface area contributed by atoms with Gasteiger partial charge in [0.1, 0.15) is 0 Å². The Labute approximate surface area is 107 Å². The Morgan fingerprint density at radius 3 is 2.76 bits per heavy atom. The first-order chi connectivity index (χ1) is 8.25. The molecule has 100 valence electrons. The first-order valence-corrected chi connectivity index (χ1v) is 7.60. The van der Waals surface area contributed by atoms with E-state index in [1.54, 1.807) is 0 Å². The lowest BCUT2D eigenvalue weighted by molar-refractivity contribution is 0.102. The van der Waals surface area contributed by atoms with Gasteiger partial charge in [-0.3, -0.25) is 0 Å². The van der Waals surface area contributed by atoms with Crippen LogP contribution >= 0.6 is 0 Å². The van der Waals surface area contributed by atoms with Gasteiger partial charge in [0.15, 0.2) is 0 Å². The van der Waals surface area contributed by atoms with Crippen molar-refractivity contribution in [2.45, 2.75) is 70.9 Å². The van der Waals surface area contributed by atoms with Gasteiger partial charge in [0.25, 0.3) is 0 Å². The summed E-state index contributed by atoms with van der Waals surface area (Å²) in [6, 6.07) is 0.776. The lowest BCUT2D eigenvalue weighted by atomic mass is 9.79. The van der Waals surface area contributed by atoms with E-state index in [2.05, 4.69) is 19.2 Å². The molecular formula is C15H29NO. The molecule has 2 heteroatoms. The van der Waals surface area contributed by atoms with Crippen LogP contribution in [0.2, 0.25) is 0 Å². The van der Waals surface area contributed by atoms with Gasteiger partial charge < -0.3 is 10.1 Å². The Balaban J connectivity index is 1.61. The van der Waals surface area contributed by atoms with Crippen molar-refractivity contribution in [2.24, 2.45) is 11.8 Å². The average molecular weight is 239 g/mol. The predicted molar refractivity (Wildman–Crippen MR) is 72.2 cm³/mol. The van der Waals surface area contributed by atoms with Gasteiger partial charge in [0, 0.05) is 12.6 Å². The Hall–Kier alpha value is -0.0800. The summed E-state index contributed by atoms with van der Waals surface area (Å²) in [4.78, 5) is 0. The van der Waals surface area contributed by atoms with Gasteiger partial charge in [-0.2, -0.15) is 0 Å². The quantitative estimate of drug-likeness (QED) is 0.794. The molecule has 0 bridgehead atoms. The number of hydrogen-bond acceptors (Lipinski definition) is 2. The number of rotatable bonds is 5. The SMILES string of the molecule is CC(C)C1CCCC(NCCC2CCCO2)C1. The Morgan fingerprint density at radius 1 is 1.18 bits per heavy atom. The van der Waals surface area contributed by atoms with Crippen LogP contribution in [0, 0.1) is 11.8 Å². The van der Waals surface area contributed by atoms with Gasteiger partial charge in [0.05, 0.1) is 6.10 Å². The average Bonchev–Trinajstić information content (AvgIpc) is 2.82. The highest BCUT2D eigenvalue weighted by Gasteiger charge is 2.24. The third kappa shape index (κ3) is 4.26. The van der Waals surface area contributed by atoms with Crippen LogP contribution in [0.1, 0.15) is 58.8 Å². The van der Waals surface area contributed by atoms with Crippen molar-refractivity contribution in [3.63, 3.8) is 0 Å². The summed E-state index contributed by atoms with van der Waals surface area (Å²) in [5, 5.41) is 3.75. The van der Waals surface area contributed by atoms with Crippen LogP contribution in [0.15, 0.2) is 0 Å². The third-order valence-electron chi connectivity index (χ3n) is 4.58. The van der Waals surface area contributed by atoms with Crippen LogP contribution in [0.4, 0.5) is 0 Å². The van der Waals surface area contributed by atoms with Gasteiger partial charge >= 0.3 is 0 Å². The molecule has 1 saturated heterocycles. The molecule has 0 aromatic heterocycles. The van der Waals surface area contributed by atoms with E-state index in [9.17, 15) is 0 Å². The lowest BCUT2D eigenvalue weighted by Gasteiger charge is -2.32. The normalized spacial score (nSPS) is 34.4. The van der Waals surface area contributed by atoms with Gasteiger partial charge in [-0.1, -0.05) is 26.7 Å². The Kier molecular flexibility index (Phi) is 5.30. The molecule has 1 saturated carbocycles. The molecule has 1 heterocycles. The molecule has 1 aliphatic carbocycles. The zero-order chi connectivity index (χ0) is 12.1. The highest BCUT2D eigenvalue weighted by molar-refractivity contribution is 4.80. The van der Waals surface area contributed by atoms with E-state index in [-0.39, 0.29) is 0 Å². The first-order valence-electron chi connectivity index (χ1n) is 7.60. The van der Waals surface area contributed by atoms with E-state index >= 15 is 0 Å². The zero-order valence-electron chi connectivity index (χ0n) is 11.6. The fourth-order valence-electron chi connectivity index (χ4n) is 3.34. The van der Waals surface area contributed by atoms with Gasteiger partial charge in [-0.25, -0.2) is 0 Å². The summed E-state index contributed by atoms with van der Waals surface area (Å²) >= 11 is 0. The highest BCUT2D eigenvalue weighted by Crippen LogP contribution is 2.29. The molecule has 2 nitrogen and oxygen atoms in total. The van der Waals surface area contributed by atoms with E-state index in [1.165, 1.54) is 44.9 Å². The molecule has 17 heavy (non-hydrogen) atoms. The summed E-state index contributed by atoms with van der Waals surface area (Å²) in [6.45, 7) is 6.89. The number of nitrogens with one attached hydrogen (secondary N) is 1. The van der Waals surface area contributed by atoms with Crippen molar-refractivity contribution in [2.75, 3.05) is 13.2 Å². The molecule has 1 aliphatic heterocycles. The van der Waals surface area contributed by atoms with Crippen LogP contribution in [-0.4, -0.2) is 25.3 Å². The minimum atomic E-state index is 0.548. The molecule has 2 rings (SSSR count). The van der Waals surface area contributed by atoms with Crippen molar-refractivity contribution in [1.82, 2.24) is 5.32 Å².